The van der Waals surface area contributed by atoms with E-state index in [0.717, 1.165) is 37.9 Å². The number of carbonyl (C=O) groups is 1. The second-order valence-corrected chi connectivity index (χ2v) is 8.91. The smallest absolute Gasteiger partial charge is 0.247 e. The van der Waals surface area contributed by atoms with Gasteiger partial charge in [-0.05, 0) is 61.2 Å². The second kappa shape index (κ2) is 10.3. The molecule has 37 heavy (non-hydrogen) atoms. The van der Waals surface area contributed by atoms with E-state index in [2.05, 4.69) is 44.0 Å². The van der Waals surface area contributed by atoms with Gasteiger partial charge in [-0.15, -0.1) is 0 Å². The van der Waals surface area contributed by atoms with Crippen LogP contribution in [0.5, 0.6) is 0 Å². The fourth-order valence-corrected chi connectivity index (χ4v) is 4.34. The van der Waals surface area contributed by atoms with Crippen molar-refractivity contribution in [3.8, 4) is 11.1 Å². The highest BCUT2D eigenvalue weighted by Gasteiger charge is 2.17. The topological polar surface area (TPSA) is 73.4 Å². The van der Waals surface area contributed by atoms with E-state index in [-0.39, 0.29) is 23.1 Å². The van der Waals surface area contributed by atoms with Crippen molar-refractivity contribution in [2.75, 3.05) is 48.8 Å². The summed E-state index contributed by atoms with van der Waals surface area (Å²) in [7, 11) is 2.07. The van der Waals surface area contributed by atoms with Crippen LogP contribution in [0.2, 0.25) is 0 Å². The van der Waals surface area contributed by atoms with Crippen molar-refractivity contribution < 1.29 is 13.6 Å². The van der Waals surface area contributed by atoms with Gasteiger partial charge in [-0.3, -0.25) is 4.79 Å². The van der Waals surface area contributed by atoms with Crippen LogP contribution < -0.4 is 15.5 Å². The average molecular weight is 501 g/mol. The number of benzene rings is 3. The summed E-state index contributed by atoms with van der Waals surface area (Å²) >= 11 is 0. The monoisotopic (exact) mass is 500 g/mol. The van der Waals surface area contributed by atoms with Crippen molar-refractivity contribution in [1.29, 1.82) is 0 Å². The Labute approximate surface area is 213 Å². The zero-order valence-corrected chi connectivity index (χ0v) is 20.3. The van der Waals surface area contributed by atoms with Crippen LogP contribution in [0.1, 0.15) is 0 Å². The number of nitrogens with zero attached hydrogens (tertiary/aromatic N) is 4. The van der Waals surface area contributed by atoms with Crippen LogP contribution in [0.4, 0.5) is 31.8 Å². The van der Waals surface area contributed by atoms with Crippen molar-refractivity contribution >= 4 is 39.8 Å². The number of amides is 1. The summed E-state index contributed by atoms with van der Waals surface area (Å²) in [4.78, 5) is 24.9. The van der Waals surface area contributed by atoms with E-state index in [1.54, 1.807) is 42.6 Å². The Morgan fingerprint density at radius 3 is 2.59 bits per heavy atom. The van der Waals surface area contributed by atoms with Crippen LogP contribution >= 0.6 is 0 Å². The molecular weight excluding hydrogens is 474 g/mol. The molecule has 4 aromatic rings. The molecule has 1 saturated heterocycles. The number of rotatable bonds is 6. The lowest BCUT2D eigenvalue weighted by Crippen LogP contribution is -2.44. The molecule has 3 aromatic carbocycles. The third-order valence-electron chi connectivity index (χ3n) is 6.37. The molecule has 188 valence electrons. The van der Waals surface area contributed by atoms with Gasteiger partial charge in [0, 0.05) is 54.7 Å². The minimum absolute atomic E-state index is 0.140. The molecule has 0 saturated carbocycles. The fourth-order valence-electron chi connectivity index (χ4n) is 4.34. The molecule has 1 fully saturated rings. The Kier molecular flexibility index (Phi) is 6.78. The zero-order chi connectivity index (χ0) is 25.9. The first kappa shape index (κ1) is 24.3. The van der Waals surface area contributed by atoms with Gasteiger partial charge >= 0.3 is 0 Å². The summed E-state index contributed by atoms with van der Waals surface area (Å²) < 4.78 is 30.1. The molecule has 2 heterocycles. The number of piperazine rings is 1. The fraction of sp³-hybridized carbons (Fsp3) is 0.179. The van der Waals surface area contributed by atoms with E-state index in [0.29, 0.717) is 22.2 Å². The van der Waals surface area contributed by atoms with Crippen LogP contribution in [0, 0.1) is 11.6 Å². The lowest BCUT2D eigenvalue weighted by molar-refractivity contribution is -0.111. The summed E-state index contributed by atoms with van der Waals surface area (Å²) in [6, 6.07) is 14.8. The van der Waals surface area contributed by atoms with E-state index in [1.165, 1.54) is 12.1 Å². The summed E-state index contributed by atoms with van der Waals surface area (Å²) in [5.74, 6) is -1.14. The summed E-state index contributed by atoms with van der Waals surface area (Å²) in [6.07, 6.45) is 2.72. The highest BCUT2D eigenvalue weighted by atomic mass is 19.1. The maximum Gasteiger partial charge on any atom is 0.247 e. The Hall–Kier alpha value is -4.37. The van der Waals surface area contributed by atoms with E-state index >= 15 is 8.78 Å². The maximum atomic E-state index is 15.1. The molecule has 1 aliphatic heterocycles. The molecule has 0 spiro atoms. The van der Waals surface area contributed by atoms with E-state index < -0.39 is 11.6 Å². The number of fused-ring (bicyclic) bond motifs is 1. The molecule has 1 amide bonds. The van der Waals surface area contributed by atoms with Crippen LogP contribution in [0.15, 0.2) is 73.4 Å². The quantitative estimate of drug-likeness (QED) is 0.355. The third kappa shape index (κ3) is 5.26. The standard InChI is InChI=1S/C28H26F2N6O/c1-3-25(37)32-20-6-4-5-18(15-20)26-22(29)9-7-19-17-31-28(34-27(19)26)33-24-10-8-21(16-23(24)30)36-13-11-35(2)12-14-36/h3-10,15-17H,1,11-14H2,2H3,(H,32,37)(H,31,33,34). The number of carbonyl (C=O) groups excluding carboxylic acids is 1. The molecule has 1 aromatic heterocycles. The van der Waals surface area contributed by atoms with Crippen molar-refractivity contribution in [1.82, 2.24) is 14.9 Å². The number of likely N-dealkylation sites (N-methyl/N-ethyl adjacent to an activating group) is 1. The highest BCUT2D eigenvalue weighted by molar-refractivity contribution is 6.00. The van der Waals surface area contributed by atoms with Gasteiger partial charge < -0.3 is 20.4 Å². The Morgan fingerprint density at radius 2 is 1.84 bits per heavy atom. The van der Waals surface area contributed by atoms with Crippen molar-refractivity contribution in [3.05, 3.63) is 85.1 Å². The van der Waals surface area contributed by atoms with Gasteiger partial charge in [-0.25, -0.2) is 18.7 Å². The molecule has 1 aliphatic rings. The molecule has 2 N–H and O–H groups in total. The SMILES string of the molecule is C=CC(=O)Nc1cccc(-c2c(F)ccc3cnc(Nc4ccc(N5CCN(C)CC5)cc4F)nc23)c1. The van der Waals surface area contributed by atoms with Gasteiger partial charge in [-0.1, -0.05) is 18.7 Å². The van der Waals surface area contributed by atoms with Gasteiger partial charge in [0.2, 0.25) is 11.9 Å². The van der Waals surface area contributed by atoms with Gasteiger partial charge in [0.1, 0.15) is 11.6 Å². The average Bonchev–Trinajstić information content (AvgIpc) is 2.90. The minimum Gasteiger partial charge on any atom is -0.369 e. The van der Waals surface area contributed by atoms with Gasteiger partial charge in [-0.2, -0.15) is 0 Å². The molecule has 5 rings (SSSR count). The van der Waals surface area contributed by atoms with Gasteiger partial charge in [0.25, 0.3) is 0 Å². The number of halogens is 2. The van der Waals surface area contributed by atoms with Crippen LogP contribution in [0.25, 0.3) is 22.0 Å². The molecule has 0 aliphatic carbocycles. The van der Waals surface area contributed by atoms with E-state index in [4.69, 9.17) is 0 Å². The van der Waals surface area contributed by atoms with Crippen LogP contribution in [-0.4, -0.2) is 54.0 Å². The number of anilines is 4. The lowest BCUT2D eigenvalue weighted by atomic mass is 10.0. The van der Waals surface area contributed by atoms with Crippen molar-refractivity contribution in [3.63, 3.8) is 0 Å². The maximum absolute atomic E-state index is 15.1. The molecule has 0 bridgehead atoms. The predicted octanol–water partition coefficient (Wildman–Crippen LogP) is 5.19. The first-order valence-electron chi connectivity index (χ1n) is 11.9. The molecule has 0 atom stereocenters. The van der Waals surface area contributed by atoms with Gasteiger partial charge in [0.05, 0.1) is 11.2 Å². The normalized spacial score (nSPS) is 14.0. The number of aromatic nitrogens is 2. The first-order chi connectivity index (χ1) is 17.9. The van der Waals surface area contributed by atoms with Crippen molar-refractivity contribution in [2.24, 2.45) is 0 Å². The summed E-state index contributed by atoms with van der Waals surface area (Å²) in [6.45, 7) is 6.97. The first-order valence-corrected chi connectivity index (χ1v) is 11.9. The minimum atomic E-state index is -0.480. The molecule has 9 heteroatoms. The highest BCUT2D eigenvalue weighted by Crippen LogP contribution is 2.33. The van der Waals surface area contributed by atoms with E-state index in [9.17, 15) is 4.79 Å². The molecule has 0 radical (unpaired) electrons. The zero-order valence-electron chi connectivity index (χ0n) is 20.3. The summed E-state index contributed by atoms with van der Waals surface area (Å²) in [5.41, 5.74) is 2.68. The van der Waals surface area contributed by atoms with Gasteiger partial charge in [0.15, 0.2) is 0 Å². The third-order valence-corrected chi connectivity index (χ3v) is 6.37. The Bertz CT molecular complexity index is 1480. The van der Waals surface area contributed by atoms with Crippen molar-refractivity contribution in [2.45, 2.75) is 0 Å². The van der Waals surface area contributed by atoms with E-state index in [1.807, 2.05) is 6.07 Å². The molecule has 7 nitrogen and oxygen atoms in total. The Balaban J connectivity index is 1.46. The number of nitrogens with one attached hydrogen (secondary N) is 2. The second-order valence-electron chi connectivity index (χ2n) is 8.91. The summed E-state index contributed by atoms with van der Waals surface area (Å²) in [5, 5.41) is 6.23. The Morgan fingerprint density at radius 1 is 1.03 bits per heavy atom. The predicted molar refractivity (Wildman–Crippen MR) is 143 cm³/mol. The van der Waals surface area contributed by atoms with Crippen LogP contribution in [0.3, 0.4) is 0 Å². The molecular formula is C28H26F2N6O. The number of hydrogen-bond acceptors (Lipinski definition) is 6. The number of hydrogen-bond donors (Lipinski definition) is 2. The largest absolute Gasteiger partial charge is 0.369 e. The van der Waals surface area contributed by atoms with Crippen LogP contribution in [-0.2, 0) is 4.79 Å². The molecule has 0 unspecified atom stereocenters. The lowest BCUT2D eigenvalue weighted by Gasteiger charge is -2.34.